The molecule has 5 heteroatoms. The van der Waals surface area contributed by atoms with Gasteiger partial charge in [-0.2, -0.15) is 0 Å². The Morgan fingerprint density at radius 2 is 2.05 bits per heavy atom. The Balaban J connectivity index is 2.46. The van der Waals surface area contributed by atoms with E-state index in [0.29, 0.717) is 0 Å². The summed E-state index contributed by atoms with van der Waals surface area (Å²) in [6, 6.07) is -0.00248. The molecule has 124 valence electrons. The fourth-order valence-corrected chi connectivity index (χ4v) is 2.33. The zero-order valence-corrected chi connectivity index (χ0v) is 14.5. The third-order valence-corrected chi connectivity index (χ3v) is 3.43. The summed E-state index contributed by atoms with van der Waals surface area (Å²) in [4.78, 5) is 24.9. The van der Waals surface area contributed by atoms with Crippen LogP contribution in [0.5, 0.6) is 0 Å². The molecule has 0 saturated carbocycles. The molecular weight excluding hydrogens is 280 g/mol. The van der Waals surface area contributed by atoms with Crippen LogP contribution in [0.15, 0.2) is 23.4 Å². The molecule has 0 bridgehead atoms. The van der Waals surface area contributed by atoms with Gasteiger partial charge in [0.05, 0.1) is 0 Å². The molecule has 5 nitrogen and oxygen atoms in total. The fraction of sp³-hybridized carbons (Fsp3) is 0.647. The van der Waals surface area contributed by atoms with Crippen LogP contribution in [0.1, 0.15) is 54.4 Å². The summed E-state index contributed by atoms with van der Waals surface area (Å²) < 4.78 is 5.22. The highest BCUT2D eigenvalue weighted by atomic mass is 16.6. The molecule has 0 saturated heterocycles. The molecule has 1 aliphatic rings. The molecule has 1 rings (SSSR count). The van der Waals surface area contributed by atoms with Crippen LogP contribution >= 0.6 is 0 Å². The first kappa shape index (κ1) is 18.3. The lowest BCUT2D eigenvalue weighted by Gasteiger charge is -2.21. The van der Waals surface area contributed by atoms with Gasteiger partial charge in [0.15, 0.2) is 0 Å². The molecule has 22 heavy (non-hydrogen) atoms. The van der Waals surface area contributed by atoms with Crippen LogP contribution in [-0.2, 0) is 9.53 Å². The smallest absolute Gasteiger partial charge is 0.407 e. The number of carbonyl (C=O) groups excluding carboxylic acids is 2. The first-order valence-electron chi connectivity index (χ1n) is 7.74. The second kappa shape index (κ2) is 7.47. The van der Waals surface area contributed by atoms with E-state index in [9.17, 15) is 9.59 Å². The second-order valence-corrected chi connectivity index (χ2v) is 6.72. The number of rotatable bonds is 4. The lowest BCUT2D eigenvalue weighted by Crippen LogP contribution is -2.37. The van der Waals surface area contributed by atoms with E-state index in [1.165, 1.54) is 5.57 Å². The molecule has 0 spiro atoms. The molecule has 0 aromatic carbocycles. The topological polar surface area (TPSA) is 58.6 Å². The molecule has 1 heterocycles. The Morgan fingerprint density at radius 3 is 2.55 bits per heavy atom. The van der Waals surface area contributed by atoms with Gasteiger partial charge in [-0.05, 0) is 53.0 Å². The van der Waals surface area contributed by atoms with E-state index in [0.717, 1.165) is 25.1 Å². The minimum Gasteiger partial charge on any atom is -0.444 e. The Kier molecular flexibility index (Phi) is 6.21. The summed E-state index contributed by atoms with van der Waals surface area (Å²) in [5.41, 5.74) is 1.72. The lowest BCUT2D eigenvalue weighted by atomic mass is 10.1. The normalized spacial score (nSPS) is 17.1. The number of amides is 2. The highest BCUT2D eigenvalue weighted by molar-refractivity contribution is 5.76. The maximum atomic E-state index is 11.6. The van der Waals surface area contributed by atoms with Crippen molar-refractivity contribution in [1.82, 2.24) is 10.2 Å². The zero-order chi connectivity index (χ0) is 16.9. The van der Waals surface area contributed by atoms with E-state index in [2.05, 4.69) is 5.32 Å². The molecule has 0 aromatic heterocycles. The maximum absolute atomic E-state index is 11.6. The summed E-state index contributed by atoms with van der Waals surface area (Å²) in [6.45, 7) is 11.8. The van der Waals surface area contributed by atoms with Gasteiger partial charge in [0.25, 0.3) is 0 Å². The van der Waals surface area contributed by atoms with Gasteiger partial charge in [0.1, 0.15) is 5.60 Å². The summed E-state index contributed by atoms with van der Waals surface area (Å²) in [6.07, 6.45) is 5.29. The predicted molar refractivity (Wildman–Crippen MR) is 87.3 cm³/mol. The zero-order valence-electron chi connectivity index (χ0n) is 14.5. The average Bonchev–Trinajstić information content (AvgIpc) is 2.68. The largest absolute Gasteiger partial charge is 0.444 e. The molecule has 2 amide bonds. The summed E-state index contributed by atoms with van der Waals surface area (Å²) >= 11 is 0. The van der Waals surface area contributed by atoms with E-state index < -0.39 is 11.7 Å². The number of hydrogen-bond donors (Lipinski definition) is 1. The molecule has 0 aliphatic carbocycles. The van der Waals surface area contributed by atoms with Gasteiger partial charge >= 0.3 is 6.09 Å². The van der Waals surface area contributed by atoms with Crippen molar-refractivity contribution in [3.63, 3.8) is 0 Å². The van der Waals surface area contributed by atoms with Gasteiger partial charge < -0.3 is 15.0 Å². The quantitative estimate of drug-likeness (QED) is 0.866. The summed E-state index contributed by atoms with van der Waals surface area (Å²) in [5.74, 6) is 0.0841. The molecule has 1 N–H and O–H groups in total. The number of nitrogens with one attached hydrogen (secondary N) is 1. The SMILES string of the molecule is CC(=O)N1CCC(/C=C/CC(C)NC(=O)OC(C)(C)C)=C1C. The number of hydrogen-bond acceptors (Lipinski definition) is 3. The summed E-state index contributed by atoms with van der Waals surface area (Å²) in [5, 5.41) is 2.81. The molecule has 0 aromatic rings. The molecular formula is C17H28N2O3. The monoisotopic (exact) mass is 308 g/mol. The van der Waals surface area contributed by atoms with Gasteiger partial charge in [0.2, 0.25) is 5.91 Å². The van der Waals surface area contributed by atoms with Gasteiger partial charge in [-0.15, -0.1) is 0 Å². The molecule has 0 radical (unpaired) electrons. The van der Waals surface area contributed by atoms with Gasteiger partial charge in [-0.1, -0.05) is 12.2 Å². The number of carbonyl (C=O) groups is 2. The minimum atomic E-state index is -0.485. The van der Waals surface area contributed by atoms with E-state index in [1.807, 2.05) is 46.8 Å². The van der Waals surface area contributed by atoms with Crippen molar-refractivity contribution in [1.29, 1.82) is 0 Å². The van der Waals surface area contributed by atoms with Gasteiger partial charge in [-0.3, -0.25) is 4.79 Å². The molecule has 0 fully saturated rings. The van der Waals surface area contributed by atoms with Crippen molar-refractivity contribution in [3.8, 4) is 0 Å². The van der Waals surface area contributed by atoms with Crippen LogP contribution in [0.3, 0.4) is 0 Å². The van der Waals surface area contributed by atoms with E-state index in [4.69, 9.17) is 4.74 Å². The Labute approximate surface area is 133 Å². The average molecular weight is 308 g/mol. The standard InChI is InChI=1S/C17H28N2O3/c1-12(18-16(21)22-17(4,5)6)8-7-9-15-10-11-19(13(15)2)14(3)20/h7,9,12H,8,10-11H2,1-6H3,(H,18,21)/b9-7+. The third kappa shape index (κ3) is 5.92. The maximum Gasteiger partial charge on any atom is 0.407 e. The predicted octanol–water partition coefficient (Wildman–Crippen LogP) is 3.37. The first-order chi connectivity index (χ1) is 10.1. The van der Waals surface area contributed by atoms with E-state index in [-0.39, 0.29) is 11.9 Å². The Hall–Kier alpha value is -1.78. The van der Waals surface area contributed by atoms with Crippen molar-refractivity contribution in [2.75, 3.05) is 6.54 Å². The number of nitrogens with zero attached hydrogens (tertiary/aromatic N) is 1. The van der Waals surface area contributed by atoms with Crippen molar-refractivity contribution in [2.24, 2.45) is 0 Å². The van der Waals surface area contributed by atoms with Crippen LogP contribution in [0.4, 0.5) is 4.79 Å². The molecule has 1 aliphatic heterocycles. The molecule has 1 unspecified atom stereocenters. The Morgan fingerprint density at radius 1 is 1.41 bits per heavy atom. The highest BCUT2D eigenvalue weighted by Crippen LogP contribution is 2.23. The third-order valence-electron chi connectivity index (χ3n) is 3.43. The van der Waals surface area contributed by atoms with E-state index >= 15 is 0 Å². The fourth-order valence-electron chi connectivity index (χ4n) is 2.33. The summed E-state index contributed by atoms with van der Waals surface area (Å²) in [7, 11) is 0. The van der Waals surface area contributed by atoms with Crippen molar-refractivity contribution in [3.05, 3.63) is 23.4 Å². The van der Waals surface area contributed by atoms with Crippen molar-refractivity contribution >= 4 is 12.0 Å². The van der Waals surface area contributed by atoms with Crippen LogP contribution < -0.4 is 5.32 Å². The van der Waals surface area contributed by atoms with Crippen molar-refractivity contribution < 1.29 is 14.3 Å². The van der Waals surface area contributed by atoms with Crippen LogP contribution in [0.2, 0.25) is 0 Å². The van der Waals surface area contributed by atoms with Crippen molar-refractivity contribution in [2.45, 2.75) is 66.0 Å². The van der Waals surface area contributed by atoms with Gasteiger partial charge in [0, 0.05) is 25.2 Å². The van der Waals surface area contributed by atoms with Crippen LogP contribution in [0.25, 0.3) is 0 Å². The lowest BCUT2D eigenvalue weighted by molar-refractivity contribution is -0.126. The number of alkyl carbamates (subject to hydrolysis) is 1. The highest BCUT2D eigenvalue weighted by Gasteiger charge is 2.20. The number of ether oxygens (including phenoxy) is 1. The first-order valence-corrected chi connectivity index (χ1v) is 7.74. The van der Waals surface area contributed by atoms with Crippen LogP contribution in [-0.4, -0.2) is 35.1 Å². The second-order valence-electron chi connectivity index (χ2n) is 6.72. The van der Waals surface area contributed by atoms with Gasteiger partial charge in [-0.25, -0.2) is 4.79 Å². The minimum absolute atomic E-state index is 0.00248. The number of allylic oxidation sites excluding steroid dienone is 2. The molecule has 1 atom stereocenters. The van der Waals surface area contributed by atoms with E-state index in [1.54, 1.807) is 11.8 Å². The Bertz CT molecular complexity index is 487. The van der Waals surface area contributed by atoms with Crippen LogP contribution in [0, 0.1) is 0 Å².